The first-order valence-corrected chi connectivity index (χ1v) is 11.9. The fraction of sp³-hybridized carbons (Fsp3) is 0.400. The van der Waals surface area contributed by atoms with Gasteiger partial charge in [0.2, 0.25) is 5.91 Å². The van der Waals surface area contributed by atoms with Crippen LogP contribution in [0.2, 0.25) is 0 Å². The van der Waals surface area contributed by atoms with Crippen LogP contribution in [0.25, 0.3) is 0 Å². The third-order valence-corrected chi connectivity index (χ3v) is 5.26. The lowest BCUT2D eigenvalue weighted by molar-refractivity contribution is -0.145. The average Bonchev–Trinajstić information content (AvgIpc) is 2.77. The Labute approximate surface area is 203 Å². The summed E-state index contributed by atoms with van der Waals surface area (Å²) in [6, 6.07) is 17.3. The van der Waals surface area contributed by atoms with Crippen LogP contribution >= 0.6 is 15.9 Å². The summed E-state index contributed by atoms with van der Waals surface area (Å²) in [6.45, 7) is 5.42. The molecule has 33 heavy (non-hydrogen) atoms. The summed E-state index contributed by atoms with van der Waals surface area (Å²) in [4.78, 5) is 37.6. The summed E-state index contributed by atoms with van der Waals surface area (Å²) in [5, 5.41) is 5.82. The Bertz CT molecular complexity index is 900. The molecule has 0 aliphatic heterocycles. The predicted octanol–water partition coefficient (Wildman–Crippen LogP) is 4.14. The molecule has 178 valence electrons. The van der Waals surface area contributed by atoms with Gasteiger partial charge in [0.15, 0.2) is 0 Å². The van der Waals surface area contributed by atoms with Crippen LogP contribution < -0.4 is 10.6 Å². The van der Waals surface area contributed by atoms with Crippen molar-refractivity contribution in [3.05, 3.63) is 71.8 Å². The minimum atomic E-state index is -0.871. The number of amides is 2. The number of hydrogen-bond donors (Lipinski definition) is 2. The molecule has 0 saturated heterocycles. The molecule has 0 saturated carbocycles. The van der Waals surface area contributed by atoms with E-state index in [0.29, 0.717) is 5.33 Å². The van der Waals surface area contributed by atoms with Crippen LogP contribution in [0, 0.1) is 0 Å². The molecule has 0 aromatic heterocycles. The molecule has 0 heterocycles. The van der Waals surface area contributed by atoms with Crippen LogP contribution in [-0.2, 0) is 32.1 Å². The van der Waals surface area contributed by atoms with Crippen LogP contribution in [0.15, 0.2) is 60.7 Å². The lowest BCUT2D eigenvalue weighted by Gasteiger charge is -2.25. The van der Waals surface area contributed by atoms with Crippen molar-refractivity contribution in [2.24, 2.45) is 0 Å². The van der Waals surface area contributed by atoms with E-state index in [1.165, 1.54) is 0 Å². The van der Waals surface area contributed by atoms with Crippen molar-refractivity contribution >= 4 is 33.9 Å². The lowest BCUT2D eigenvalue weighted by Crippen LogP contribution is -2.52. The van der Waals surface area contributed by atoms with E-state index in [1.54, 1.807) is 20.8 Å². The molecule has 0 radical (unpaired) electrons. The largest absolute Gasteiger partial charge is 0.461 e. The fourth-order valence-corrected chi connectivity index (χ4v) is 3.34. The Hall–Kier alpha value is -2.87. The van der Waals surface area contributed by atoms with Gasteiger partial charge in [-0.1, -0.05) is 76.6 Å². The van der Waals surface area contributed by atoms with Crippen LogP contribution in [0.5, 0.6) is 0 Å². The molecule has 0 unspecified atom stereocenters. The van der Waals surface area contributed by atoms with Crippen LogP contribution in [-0.4, -0.2) is 41.0 Å². The Morgan fingerprint density at radius 3 is 2.03 bits per heavy atom. The number of carbonyl (C=O) groups excluding carboxylic acids is 3. The average molecular weight is 519 g/mol. The molecule has 2 atom stereocenters. The van der Waals surface area contributed by atoms with E-state index in [-0.39, 0.29) is 19.4 Å². The number of benzene rings is 2. The molecule has 7 nitrogen and oxygen atoms in total. The summed E-state index contributed by atoms with van der Waals surface area (Å²) in [6.07, 6.45) is -0.413. The van der Waals surface area contributed by atoms with Crippen molar-refractivity contribution in [1.29, 1.82) is 0 Å². The number of alkyl halides is 1. The van der Waals surface area contributed by atoms with Gasteiger partial charge < -0.3 is 20.1 Å². The number of halogens is 1. The van der Waals surface area contributed by atoms with E-state index in [1.807, 2.05) is 60.7 Å². The van der Waals surface area contributed by atoms with Crippen LogP contribution in [0.1, 0.15) is 38.3 Å². The zero-order valence-electron chi connectivity index (χ0n) is 19.2. The van der Waals surface area contributed by atoms with Gasteiger partial charge in [-0.2, -0.15) is 0 Å². The van der Waals surface area contributed by atoms with Gasteiger partial charge in [0.05, 0.1) is 6.42 Å². The minimum absolute atomic E-state index is 0.00564. The van der Waals surface area contributed by atoms with Gasteiger partial charge in [-0.3, -0.25) is 9.59 Å². The molecule has 0 spiro atoms. The topological polar surface area (TPSA) is 93.7 Å². The van der Waals surface area contributed by atoms with Crippen molar-refractivity contribution in [3.63, 3.8) is 0 Å². The van der Waals surface area contributed by atoms with Crippen molar-refractivity contribution in [1.82, 2.24) is 10.6 Å². The molecular formula is C25H31BrN2O5. The molecule has 0 aliphatic carbocycles. The smallest absolute Gasteiger partial charge is 0.408 e. The molecule has 2 aromatic rings. The zero-order valence-corrected chi connectivity index (χ0v) is 20.8. The highest BCUT2D eigenvalue weighted by atomic mass is 79.9. The molecule has 2 aromatic carbocycles. The predicted molar refractivity (Wildman–Crippen MR) is 130 cm³/mol. The summed E-state index contributed by atoms with van der Waals surface area (Å²) in [7, 11) is 0. The number of alkyl carbamates (subject to hydrolysis) is 1. The summed E-state index contributed by atoms with van der Waals surface area (Å²) in [5.41, 5.74) is 1.07. The minimum Gasteiger partial charge on any atom is -0.461 e. The van der Waals surface area contributed by atoms with E-state index in [4.69, 9.17) is 9.47 Å². The van der Waals surface area contributed by atoms with Gasteiger partial charge in [0, 0.05) is 17.8 Å². The third kappa shape index (κ3) is 10.5. The summed E-state index contributed by atoms with van der Waals surface area (Å²) in [5.74, 6) is -0.840. The highest BCUT2D eigenvalue weighted by Gasteiger charge is 2.27. The first-order chi connectivity index (χ1) is 15.7. The molecule has 0 aliphatic rings. The van der Waals surface area contributed by atoms with Gasteiger partial charge in [0.1, 0.15) is 18.2 Å². The van der Waals surface area contributed by atoms with E-state index >= 15 is 0 Å². The number of ether oxygens (including phenoxy) is 2. The first-order valence-electron chi connectivity index (χ1n) is 10.8. The molecule has 2 N–H and O–H groups in total. The maximum absolute atomic E-state index is 13.0. The first kappa shape index (κ1) is 26.4. The number of carbonyl (C=O) groups is 3. The fourth-order valence-electron chi connectivity index (χ4n) is 2.95. The van der Waals surface area contributed by atoms with Crippen molar-refractivity contribution < 1.29 is 23.9 Å². The molecule has 2 amide bonds. The zero-order chi connectivity index (χ0) is 24.3. The Balaban J connectivity index is 1.98. The summed E-state index contributed by atoms with van der Waals surface area (Å²) >= 11 is 3.34. The summed E-state index contributed by atoms with van der Waals surface area (Å²) < 4.78 is 10.6. The van der Waals surface area contributed by atoms with E-state index in [2.05, 4.69) is 26.6 Å². The molecule has 0 bridgehead atoms. The molecule has 2 rings (SSSR count). The number of esters is 1. The normalized spacial score (nSPS) is 12.8. The second kappa shape index (κ2) is 13.0. The quantitative estimate of drug-likeness (QED) is 0.364. The Morgan fingerprint density at radius 1 is 0.909 bits per heavy atom. The maximum Gasteiger partial charge on any atom is 0.408 e. The Kier molecular flexibility index (Phi) is 10.4. The monoisotopic (exact) mass is 518 g/mol. The van der Waals surface area contributed by atoms with Crippen molar-refractivity contribution in [3.8, 4) is 0 Å². The highest BCUT2D eigenvalue weighted by molar-refractivity contribution is 9.09. The molecular weight excluding hydrogens is 488 g/mol. The van der Waals surface area contributed by atoms with Gasteiger partial charge >= 0.3 is 12.1 Å². The van der Waals surface area contributed by atoms with Crippen LogP contribution in [0.3, 0.4) is 0 Å². The maximum atomic E-state index is 13.0. The standard InChI is InChI=1S/C25H31BrN2O5/c1-25(2,3)33-24(31)28-21(14-18-10-6-4-7-11-18)23(30)27-20(16-26)15-22(29)32-17-19-12-8-5-9-13-19/h4-13,20-21H,14-17H2,1-3H3,(H,27,30)(H,28,31)/t20-,21-/m0/s1. The van der Waals surface area contributed by atoms with Crippen molar-refractivity contribution in [2.45, 2.75) is 57.9 Å². The number of nitrogens with one attached hydrogen (secondary N) is 2. The second-order valence-electron chi connectivity index (χ2n) is 8.60. The second-order valence-corrected chi connectivity index (χ2v) is 9.25. The number of rotatable bonds is 10. The third-order valence-electron chi connectivity index (χ3n) is 4.48. The van der Waals surface area contributed by atoms with Crippen LogP contribution in [0.4, 0.5) is 4.79 Å². The van der Waals surface area contributed by atoms with E-state index in [0.717, 1.165) is 11.1 Å². The molecule has 8 heteroatoms. The van der Waals surface area contributed by atoms with Crippen molar-refractivity contribution in [2.75, 3.05) is 5.33 Å². The van der Waals surface area contributed by atoms with Gasteiger partial charge in [-0.15, -0.1) is 0 Å². The van der Waals surface area contributed by atoms with Gasteiger partial charge in [0.25, 0.3) is 0 Å². The van der Waals surface area contributed by atoms with E-state index in [9.17, 15) is 14.4 Å². The van der Waals surface area contributed by atoms with E-state index < -0.39 is 35.7 Å². The highest BCUT2D eigenvalue weighted by Crippen LogP contribution is 2.10. The Morgan fingerprint density at radius 2 is 1.48 bits per heavy atom. The molecule has 0 fully saturated rings. The SMILES string of the molecule is CC(C)(C)OC(=O)N[C@@H](Cc1ccccc1)C(=O)N[C@H](CBr)CC(=O)OCc1ccccc1. The van der Waals surface area contributed by atoms with Gasteiger partial charge in [-0.05, 0) is 31.9 Å². The lowest BCUT2D eigenvalue weighted by atomic mass is 10.0. The van der Waals surface area contributed by atoms with Gasteiger partial charge in [-0.25, -0.2) is 4.79 Å². The number of hydrogen-bond acceptors (Lipinski definition) is 5.